The smallest absolute Gasteiger partial charge is 0.329 e. The highest BCUT2D eigenvalue weighted by Gasteiger charge is 2.27. The van der Waals surface area contributed by atoms with Gasteiger partial charge in [0.05, 0.1) is 6.61 Å². The molecule has 6 heteroatoms. The van der Waals surface area contributed by atoms with Crippen molar-refractivity contribution < 1.29 is 14.3 Å². The highest BCUT2D eigenvalue weighted by atomic mass is 16.5. The molecule has 1 atom stereocenters. The number of nitrogens with zero attached hydrogens (tertiary/aromatic N) is 3. The first kappa shape index (κ1) is 15.9. The predicted molar refractivity (Wildman–Crippen MR) is 75.3 cm³/mol. The molecule has 0 radical (unpaired) electrons. The van der Waals surface area contributed by atoms with Gasteiger partial charge in [-0.2, -0.15) is 0 Å². The number of esters is 1. The van der Waals surface area contributed by atoms with Crippen LogP contribution >= 0.6 is 0 Å². The van der Waals surface area contributed by atoms with Crippen LogP contribution in [0.3, 0.4) is 0 Å². The van der Waals surface area contributed by atoms with Crippen molar-refractivity contribution >= 4 is 12.0 Å². The van der Waals surface area contributed by atoms with Crippen LogP contribution in [0, 0.1) is 0 Å². The number of hydrogen-bond acceptors (Lipinski definition) is 4. The topological polar surface area (TPSA) is 64.4 Å². The van der Waals surface area contributed by atoms with Crippen molar-refractivity contribution in [1.29, 1.82) is 0 Å². The molecule has 1 amide bonds. The molecule has 0 saturated carbocycles. The van der Waals surface area contributed by atoms with Crippen molar-refractivity contribution in [3.63, 3.8) is 0 Å². The van der Waals surface area contributed by atoms with Crippen LogP contribution in [0.4, 0.5) is 4.79 Å². The molecule has 110 valence electrons. The largest absolute Gasteiger partial charge is 0.464 e. The first-order chi connectivity index (χ1) is 9.61. The minimum Gasteiger partial charge on any atom is -0.464 e. The normalized spacial score (nSPS) is 11.7. The van der Waals surface area contributed by atoms with E-state index in [1.807, 2.05) is 6.92 Å². The number of allylic oxidation sites excluding steroid dienone is 1. The Hall–Kier alpha value is -2.11. The van der Waals surface area contributed by atoms with Gasteiger partial charge in [-0.15, -0.1) is 6.58 Å². The number of carbonyl (C=O) groups excluding carboxylic acids is 2. The maximum absolute atomic E-state index is 12.1. The van der Waals surface area contributed by atoms with E-state index in [2.05, 4.69) is 11.6 Å². The first-order valence-electron chi connectivity index (χ1n) is 6.64. The second-order valence-electron chi connectivity index (χ2n) is 4.39. The number of imidazole rings is 1. The quantitative estimate of drug-likeness (QED) is 0.435. The second kappa shape index (κ2) is 8.14. The van der Waals surface area contributed by atoms with Gasteiger partial charge in [-0.25, -0.2) is 14.6 Å². The standard InChI is InChI=1S/C14H21N3O3/c1-4-6-7-10-20-13(18)12(5-2)16(3)14(19)17-9-8-15-11-17/h4,8-9,11-12H,1,5-7,10H2,2-3H3. The molecular weight excluding hydrogens is 258 g/mol. The molecule has 0 saturated heterocycles. The third-order valence-corrected chi connectivity index (χ3v) is 2.95. The van der Waals surface area contributed by atoms with E-state index in [1.165, 1.54) is 22.0 Å². The van der Waals surface area contributed by atoms with Crippen LogP contribution in [0.15, 0.2) is 31.4 Å². The summed E-state index contributed by atoms with van der Waals surface area (Å²) in [5.74, 6) is -0.382. The molecule has 0 N–H and O–H groups in total. The molecule has 1 rings (SSSR count). The van der Waals surface area contributed by atoms with Crippen LogP contribution in [0.25, 0.3) is 0 Å². The summed E-state index contributed by atoms with van der Waals surface area (Å²) in [6.07, 6.45) is 8.28. The number of amides is 1. The van der Waals surface area contributed by atoms with Crippen LogP contribution in [0.2, 0.25) is 0 Å². The zero-order chi connectivity index (χ0) is 15.0. The Morgan fingerprint density at radius 2 is 2.30 bits per heavy atom. The van der Waals surface area contributed by atoms with E-state index >= 15 is 0 Å². The predicted octanol–water partition coefficient (Wildman–Crippen LogP) is 2.07. The van der Waals surface area contributed by atoms with Gasteiger partial charge in [-0.3, -0.25) is 4.57 Å². The Bertz CT molecular complexity index is 443. The third kappa shape index (κ3) is 4.22. The Kier molecular flexibility index (Phi) is 6.49. The number of ether oxygens (including phenoxy) is 1. The zero-order valence-corrected chi connectivity index (χ0v) is 12.0. The fourth-order valence-corrected chi connectivity index (χ4v) is 1.78. The van der Waals surface area contributed by atoms with Crippen LogP contribution in [-0.4, -0.2) is 46.1 Å². The zero-order valence-electron chi connectivity index (χ0n) is 12.0. The summed E-state index contributed by atoms with van der Waals surface area (Å²) in [5, 5.41) is 0. The summed E-state index contributed by atoms with van der Waals surface area (Å²) < 4.78 is 6.51. The van der Waals surface area contributed by atoms with E-state index < -0.39 is 6.04 Å². The van der Waals surface area contributed by atoms with E-state index in [-0.39, 0.29) is 12.0 Å². The second-order valence-corrected chi connectivity index (χ2v) is 4.39. The van der Waals surface area contributed by atoms with Gasteiger partial charge < -0.3 is 9.64 Å². The van der Waals surface area contributed by atoms with Crippen LogP contribution in [0.5, 0.6) is 0 Å². The van der Waals surface area contributed by atoms with E-state index in [1.54, 1.807) is 19.3 Å². The molecule has 0 spiro atoms. The lowest BCUT2D eigenvalue weighted by atomic mass is 10.2. The van der Waals surface area contributed by atoms with Crippen LogP contribution in [-0.2, 0) is 9.53 Å². The van der Waals surface area contributed by atoms with Crippen molar-refractivity contribution in [2.24, 2.45) is 0 Å². The Balaban J connectivity index is 2.57. The Labute approximate surface area is 119 Å². The molecule has 0 aliphatic rings. The summed E-state index contributed by atoms with van der Waals surface area (Å²) in [6, 6.07) is -0.897. The summed E-state index contributed by atoms with van der Waals surface area (Å²) >= 11 is 0. The molecule has 1 aromatic rings. The minimum atomic E-state index is -0.589. The van der Waals surface area contributed by atoms with Gasteiger partial charge in [0.25, 0.3) is 0 Å². The summed E-state index contributed by atoms with van der Waals surface area (Å²) in [4.78, 5) is 29.3. The van der Waals surface area contributed by atoms with Gasteiger partial charge in [0.1, 0.15) is 12.4 Å². The lowest BCUT2D eigenvalue weighted by molar-refractivity contribution is -0.148. The number of carbonyl (C=O) groups is 2. The fourth-order valence-electron chi connectivity index (χ4n) is 1.78. The Morgan fingerprint density at radius 3 is 2.85 bits per heavy atom. The van der Waals surface area contributed by atoms with Gasteiger partial charge >= 0.3 is 12.0 Å². The average molecular weight is 279 g/mol. The molecule has 0 aliphatic heterocycles. The van der Waals surface area contributed by atoms with Gasteiger partial charge in [0.2, 0.25) is 0 Å². The molecule has 0 fully saturated rings. The van der Waals surface area contributed by atoms with E-state index in [0.717, 1.165) is 12.8 Å². The molecular formula is C14H21N3O3. The number of likely N-dealkylation sites (N-methyl/N-ethyl adjacent to an activating group) is 1. The summed E-state index contributed by atoms with van der Waals surface area (Å²) in [7, 11) is 1.58. The average Bonchev–Trinajstić information content (AvgIpc) is 2.97. The van der Waals surface area contributed by atoms with E-state index in [9.17, 15) is 9.59 Å². The monoisotopic (exact) mass is 279 g/mol. The highest BCUT2D eigenvalue weighted by Crippen LogP contribution is 2.07. The number of unbranched alkanes of at least 4 members (excludes halogenated alkanes) is 1. The number of rotatable bonds is 7. The first-order valence-corrected chi connectivity index (χ1v) is 6.64. The molecule has 0 aromatic carbocycles. The minimum absolute atomic E-state index is 0.308. The number of hydrogen-bond donors (Lipinski definition) is 0. The van der Waals surface area contributed by atoms with Crippen molar-refractivity contribution in [3.05, 3.63) is 31.4 Å². The summed E-state index contributed by atoms with van der Waals surface area (Å²) in [5.41, 5.74) is 0. The van der Waals surface area contributed by atoms with Crippen molar-refractivity contribution in [1.82, 2.24) is 14.5 Å². The molecule has 1 heterocycles. The summed E-state index contributed by atoms with van der Waals surface area (Å²) in [6.45, 7) is 5.79. The van der Waals surface area contributed by atoms with Gasteiger partial charge in [-0.05, 0) is 19.3 Å². The molecule has 20 heavy (non-hydrogen) atoms. The van der Waals surface area contributed by atoms with Gasteiger partial charge in [-0.1, -0.05) is 13.0 Å². The molecule has 0 aliphatic carbocycles. The Morgan fingerprint density at radius 1 is 1.55 bits per heavy atom. The van der Waals surface area contributed by atoms with Crippen LogP contribution < -0.4 is 0 Å². The van der Waals surface area contributed by atoms with Crippen LogP contribution in [0.1, 0.15) is 26.2 Å². The van der Waals surface area contributed by atoms with Crippen molar-refractivity contribution in [2.45, 2.75) is 32.2 Å². The molecule has 1 unspecified atom stereocenters. The third-order valence-electron chi connectivity index (χ3n) is 2.95. The SMILES string of the molecule is C=CCCCOC(=O)C(CC)N(C)C(=O)n1ccnc1. The highest BCUT2D eigenvalue weighted by molar-refractivity contribution is 5.84. The number of aromatic nitrogens is 2. The van der Waals surface area contributed by atoms with E-state index in [4.69, 9.17) is 4.74 Å². The maximum atomic E-state index is 12.1. The lowest BCUT2D eigenvalue weighted by Crippen LogP contribution is -2.44. The molecule has 1 aromatic heterocycles. The van der Waals surface area contributed by atoms with Crippen molar-refractivity contribution in [2.75, 3.05) is 13.7 Å². The van der Waals surface area contributed by atoms with Crippen molar-refractivity contribution in [3.8, 4) is 0 Å². The van der Waals surface area contributed by atoms with E-state index in [0.29, 0.717) is 13.0 Å². The lowest BCUT2D eigenvalue weighted by Gasteiger charge is -2.25. The molecule has 0 bridgehead atoms. The van der Waals surface area contributed by atoms with Gasteiger partial charge in [0.15, 0.2) is 0 Å². The maximum Gasteiger partial charge on any atom is 0.329 e. The molecule has 6 nitrogen and oxygen atoms in total. The fraction of sp³-hybridized carbons (Fsp3) is 0.500. The van der Waals surface area contributed by atoms with Gasteiger partial charge in [0, 0.05) is 19.4 Å².